The fourth-order valence-electron chi connectivity index (χ4n) is 5.06. The first-order valence-corrected chi connectivity index (χ1v) is 15.9. The van der Waals surface area contributed by atoms with Gasteiger partial charge >= 0.3 is 12.1 Å². The predicted molar refractivity (Wildman–Crippen MR) is 176 cm³/mol. The Labute approximate surface area is 269 Å². The van der Waals surface area contributed by atoms with Crippen LogP contribution < -0.4 is 21.1 Å². The van der Waals surface area contributed by atoms with Crippen molar-refractivity contribution in [3.63, 3.8) is 0 Å². The number of fused-ring (bicyclic) bond motifs is 1. The number of aromatic nitrogens is 3. The van der Waals surface area contributed by atoms with Crippen LogP contribution in [-0.4, -0.2) is 81.2 Å². The molecule has 13 nitrogen and oxygen atoms in total. The summed E-state index contributed by atoms with van der Waals surface area (Å²) in [7, 11) is 0. The standard InChI is InChI=1S/C32H37N7O6S/c1-32(2,3)24-20-46-30(34-24)36-28(42)21-11-16-39-25(18-21)35-27(23(29(39)43)9-10-26(40)41)38-15-7-8-22(19-38)45-31(44)33-12-17-37-13-5-4-6-14-37/h4-6,9-11,13,16,18,20,22H,7-8,12,14-15,17,19H2,1-3H3,(H,33,44)(H,40,41)(H,34,36,42)/t22-/m1/s1. The molecule has 1 saturated heterocycles. The van der Waals surface area contributed by atoms with E-state index in [1.54, 1.807) is 0 Å². The molecule has 5 rings (SSSR count). The van der Waals surface area contributed by atoms with E-state index in [4.69, 9.17) is 9.72 Å². The molecule has 0 spiro atoms. The van der Waals surface area contributed by atoms with Gasteiger partial charge in [0.15, 0.2) is 5.13 Å². The lowest BCUT2D eigenvalue weighted by molar-refractivity contribution is -0.131. The number of pyridine rings is 1. The summed E-state index contributed by atoms with van der Waals surface area (Å²) in [5.41, 5.74) is 0.746. The topological polar surface area (TPSA) is 158 Å². The molecule has 46 heavy (non-hydrogen) atoms. The number of alkyl carbamates (subject to hydrolysis) is 1. The minimum Gasteiger partial charge on any atom is -0.478 e. The summed E-state index contributed by atoms with van der Waals surface area (Å²) in [6.07, 6.45) is 11.7. The molecule has 1 atom stereocenters. The number of hydrogen-bond donors (Lipinski definition) is 3. The van der Waals surface area contributed by atoms with Crippen molar-refractivity contribution in [3.8, 4) is 0 Å². The van der Waals surface area contributed by atoms with Crippen molar-refractivity contribution in [1.82, 2.24) is 24.6 Å². The minimum absolute atomic E-state index is 0.0725. The van der Waals surface area contributed by atoms with E-state index in [2.05, 4.69) is 20.5 Å². The number of carboxylic acid groups (broad SMARTS) is 1. The van der Waals surface area contributed by atoms with Gasteiger partial charge in [-0.2, -0.15) is 0 Å². The first-order chi connectivity index (χ1) is 22.0. The Morgan fingerprint density at radius 3 is 2.76 bits per heavy atom. The second-order valence-electron chi connectivity index (χ2n) is 12.0. The van der Waals surface area contributed by atoms with Gasteiger partial charge in [-0.3, -0.25) is 19.3 Å². The first-order valence-electron chi connectivity index (χ1n) is 15.0. The van der Waals surface area contributed by atoms with E-state index in [0.717, 1.165) is 18.3 Å². The highest BCUT2D eigenvalue weighted by Crippen LogP contribution is 2.27. The van der Waals surface area contributed by atoms with Gasteiger partial charge in [-0.25, -0.2) is 19.6 Å². The van der Waals surface area contributed by atoms with Crippen LogP contribution in [0.5, 0.6) is 0 Å². The van der Waals surface area contributed by atoms with E-state index in [1.165, 1.54) is 40.1 Å². The Kier molecular flexibility index (Phi) is 9.85. The summed E-state index contributed by atoms with van der Waals surface area (Å²) in [4.78, 5) is 63.8. The van der Waals surface area contributed by atoms with Crippen molar-refractivity contribution in [1.29, 1.82) is 0 Å². The molecule has 0 saturated carbocycles. The molecule has 5 heterocycles. The lowest BCUT2D eigenvalue weighted by Gasteiger charge is -2.34. The monoisotopic (exact) mass is 647 g/mol. The van der Waals surface area contributed by atoms with E-state index >= 15 is 0 Å². The lowest BCUT2D eigenvalue weighted by atomic mass is 9.93. The molecule has 0 aromatic carbocycles. The van der Waals surface area contributed by atoms with Gasteiger partial charge in [-0.15, -0.1) is 11.3 Å². The van der Waals surface area contributed by atoms with Crippen LogP contribution in [0.25, 0.3) is 11.7 Å². The molecule has 242 valence electrons. The highest BCUT2D eigenvalue weighted by molar-refractivity contribution is 7.14. The highest BCUT2D eigenvalue weighted by atomic mass is 32.1. The average Bonchev–Trinajstić information content (AvgIpc) is 3.50. The summed E-state index contributed by atoms with van der Waals surface area (Å²) in [5, 5.41) is 17.2. The molecule has 1 fully saturated rings. The molecule has 0 unspecified atom stereocenters. The van der Waals surface area contributed by atoms with Crippen LogP contribution >= 0.6 is 11.3 Å². The van der Waals surface area contributed by atoms with Gasteiger partial charge in [0.1, 0.15) is 17.6 Å². The third kappa shape index (κ3) is 7.99. The third-order valence-electron chi connectivity index (χ3n) is 7.50. The molecular weight excluding hydrogens is 610 g/mol. The Morgan fingerprint density at radius 1 is 1.22 bits per heavy atom. The maximum atomic E-state index is 13.6. The zero-order chi connectivity index (χ0) is 32.8. The molecule has 0 bridgehead atoms. The average molecular weight is 648 g/mol. The molecule has 0 radical (unpaired) electrons. The number of amides is 2. The molecular formula is C32H37N7O6S. The van der Waals surface area contributed by atoms with Crippen LogP contribution in [0.15, 0.2) is 59.0 Å². The van der Waals surface area contributed by atoms with Gasteiger partial charge in [0.05, 0.1) is 17.8 Å². The predicted octanol–water partition coefficient (Wildman–Crippen LogP) is 3.88. The van der Waals surface area contributed by atoms with Gasteiger partial charge in [-0.1, -0.05) is 32.9 Å². The maximum Gasteiger partial charge on any atom is 0.407 e. The zero-order valence-corrected chi connectivity index (χ0v) is 26.7. The number of aliphatic carboxylic acids is 1. The van der Waals surface area contributed by atoms with E-state index in [9.17, 15) is 24.3 Å². The molecule has 0 aliphatic carbocycles. The van der Waals surface area contributed by atoms with E-state index in [0.29, 0.717) is 37.6 Å². The molecule has 3 N–H and O–H groups in total. The molecule has 14 heteroatoms. The fraction of sp³-hybridized carbons (Fsp3) is 0.375. The number of nitrogens with zero attached hydrogens (tertiary/aromatic N) is 5. The number of anilines is 2. The number of allylic oxidation sites excluding steroid dienone is 2. The van der Waals surface area contributed by atoms with Crippen LogP contribution in [0.2, 0.25) is 0 Å². The molecule has 2 aliphatic rings. The smallest absolute Gasteiger partial charge is 0.407 e. The first kappa shape index (κ1) is 32.4. The Morgan fingerprint density at radius 2 is 2.04 bits per heavy atom. The summed E-state index contributed by atoms with van der Waals surface area (Å²) in [6.45, 7) is 8.70. The number of piperidine rings is 1. The number of ether oxygens (including phenoxy) is 1. The van der Waals surface area contributed by atoms with Crippen LogP contribution in [0.1, 0.15) is 55.2 Å². The lowest BCUT2D eigenvalue weighted by Crippen LogP contribution is -2.44. The van der Waals surface area contributed by atoms with E-state index in [1.807, 2.05) is 55.5 Å². The number of thiazole rings is 1. The molecule has 3 aromatic rings. The van der Waals surface area contributed by atoms with Gasteiger partial charge in [0.2, 0.25) is 0 Å². The van der Waals surface area contributed by atoms with Crippen molar-refractivity contribution >= 4 is 52.0 Å². The Hall–Kier alpha value is -4.98. The van der Waals surface area contributed by atoms with Crippen molar-refractivity contribution < 1.29 is 24.2 Å². The molecule has 2 aliphatic heterocycles. The minimum atomic E-state index is -1.22. The number of carboxylic acids is 1. The van der Waals surface area contributed by atoms with Crippen LogP contribution in [0, 0.1) is 0 Å². The SMILES string of the molecule is CC(C)(C)c1csc(NC(=O)c2ccn3c(=O)c(C=CC(=O)O)c(N4CCC[C@@H](OC(=O)NCCN5C=CC=CC5)C4)nc3c2)n1. The maximum absolute atomic E-state index is 13.6. The van der Waals surface area contributed by atoms with Gasteiger partial charge in [0, 0.05) is 54.8 Å². The molecule has 2 amide bonds. The van der Waals surface area contributed by atoms with Crippen molar-refractivity contribution in [2.45, 2.75) is 45.1 Å². The van der Waals surface area contributed by atoms with Crippen LogP contribution in [0.3, 0.4) is 0 Å². The second kappa shape index (κ2) is 14.0. The normalized spacial score (nSPS) is 16.6. The van der Waals surface area contributed by atoms with Gasteiger partial charge in [-0.05, 0) is 43.3 Å². The van der Waals surface area contributed by atoms with E-state index < -0.39 is 29.6 Å². The third-order valence-corrected chi connectivity index (χ3v) is 8.25. The van der Waals surface area contributed by atoms with Crippen LogP contribution in [-0.2, 0) is 14.9 Å². The summed E-state index contributed by atoms with van der Waals surface area (Å²) < 4.78 is 6.96. The summed E-state index contributed by atoms with van der Waals surface area (Å²) in [6, 6.07) is 3.00. The number of hydrogen-bond acceptors (Lipinski definition) is 10. The van der Waals surface area contributed by atoms with Gasteiger partial charge in [0.25, 0.3) is 11.5 Å². The quantitative estimate of drug-likeness (QED) is 0.291. The van der Waals surface area contributed by atoms with Crippen molar-refractivity contribution in [3.05, 3.63) is 81.4 Å². The highest BCUT2D eigenvalue weighted by Gasteiger charge is 2.27. The largest absolute Gasteiger partial charge is 0.478 e. The number of carbonyl (C=O) groups excluding carboxylic acids is 2. The zero-order valence-electron chi connectivity index (χ0n) is 25.9. The van der Waals surface area contributed by atoms with Crippen molar-refractivity contribution in [2.24, 2.45) is 0 Å². The fourth-order valence-corrected chi connectivity index (χ4v) is 5.99. The van der Waals surface area contributed by atoms with Crippen molar-refractivity contribution in [2.75, 3.05) is 42.9 Å². The number of nitrogens with one attached hydrogen (secondary N) is 2. The Bertz CT molecular complexity index is 1770. The van der Waals surface area contributed by atoms with Crippen LogP contribution in [0.4, 0.5) is 15.7 Å². The molecule has 3 aromatic heterocycles. The Balaban J connectivity index is 1.35. The number of carbonyl (C=O) groups is 3. The summed E-state index contributed by atoms with van der Waals surface area (Å²) >= 11 is 1.33. The summed E-state index contributed by atoms with van der Waals surface area (Å²) in [5.74, 6) is -1.38. The van der Waals surface area contributed by atoms with Gasteiger partial charge < -0.3 is 25.0 Å². The second-order valence-corrected chi connectivity index (χ2v) is 12.9. The number of rotatable bonds is 9. The van der Waals surface area contributed by atoms with E-state index in [-0.39, 0.29) is 34.6 Å².